The van der Waals surface area contributed by atoms with Crippen molar-refractivity contribution < 1.29 is 24.2 Å². The fourth-order valence-corrected chi connectivity index (χ4v) is 11.3. The van der Waals surface area contributed by atoms with Crippen molar-refractivity contribution in [1.82, 2.24) is 0 Å². The molecule has 1 N–H and O–H groups in total. The lowest BCUT2D eigenvalue weighted by Gasteiger charge is -2.59. The van der Waals surface area contributed by atoms with Crippen LogP contribution in [0.15, 0.2) is 0 Å². The quantitative estimate of drug-likeness (QED) is 0.503. The maximum Gasteiger partial charge on any atom is 0.303 e. The summed E-state index contributed by atoms with van der Waals surface area (Å²) < 4.78 is 12.1. The molecule has 1 aliphatic heterocycles. The van der Waals surface area contributed by atoms with E-state index in [1.165, 1.54) is 45.4 Å². The highest BCUT2D eigenvalue weighted by Crippen LogP contribution is 2.87. The number of ketones is 1. The van der Waals surface area contributed by atoms with Crippen molar-refractivity contribution in [2.45, 2.75) is 130 Å². The standard InChI is InChI=1S/C31H48O5/c1-17-12-13-31-16-30(31)15-14-29(7)20-8-10-21(26(28(5,6)34)35-18(2)32)36-25(20)24(33)23(29)19(30)9-11-22(31)27(17,3)4/h17,19-23,25-26,34H,8-16H2,1-7H3/t17?,19?,20?,21?,22?,23?,25?,26-,29?,30-,31?/m0/s1. The van der Waals surface area contributed by atoms with Crippen LogP contribution in [0, 0.1) is 51.2 Å². The van der Waals surface area contributed by atoms with E-state index in [1.54, 1.807) is 13.8 Å². The first-order valence-corrected chi connectivity index (χ1v) is 14.8. The Morgan fingerprint density at radius 3 is 2.39 bits per heavy atom. The lowest BCUT2D eigenvalue weighted by atomic mass is 9.45. The Kier molecular flexibility index (Phi) is 5.34. The van der Waals surface area contributed by atoms with Gasteiger partial charge in [-0.3, -0.25) is 9.59 Å². The molecule has 6 fully saturated rings. The van der Waals surface area contributed by atoms with Crippen LogP contribution in [-0.4, -0.2) is 40.8 Å². The molecule has 5 aliphatic carbocycles. The lowest BCUT2D eigenvalue weighted by molar-refractivity contribution is -0.200. The van der Waals surface area contributed by atoms with E-state index in [2.05, 4.69) is 27.7 Å². The van der Waals surface area contributed by atoms with Crippen molar-refractivity contribution in [3.63, 3.8) is 0 Å². The molecule has 0 aromatic rings. The molecule has 1 saturated heterocycles. The van der Waals surface area contributed by atoms with Crippen molar-refractivity contribution in [3.05, 3.63) is 0 Å². The number of fused-ring (bicyclic) bond motifs is 4. The molecule has 0 aromatic heterocycles. The zero-order valence-corrected chi connectivity index (χ0v) is 23.6. The van der Waals surface area contributed by atoms with Gasteiger partial charge in [0, 0.05) is 12.8 Å². The minimum atomic E-state index is -1.23. The fourth-order valence-electron chi connectivity index (χ4n) is 11.3. The van der Waals surface area contributed by atoms with E-state index in [4.69, 9.17) is 9.47 Å². The highest BCUT2D eigenvalue weighted by Gasteiger charge is 2.81. The van der Waals surface area contributed by atoms with Gasteiger partial charge in [0.15, 0.2) is 11.9 Å². The Morgan fingerprint density at radius 2 is 1.72 bits per heavy atom. The number of hydrogen-bond donors (Lipinski definition) is 1. The van der Waals surface area contributed by atoms with Crippen LogP contribution in [-0.2, 0) is 19.1 Å². The molecule has 1 heterocycles. The summed E-state index contributed by atoms with van der Waals surface area (Å²) >= 11 is 0. The summed E-state index contributed by atoms with van der Waals surface area (Å²) in [6.45, 7) is 14.6. The van der Waals surface area contributed by atoms with Crippen LogP contribution in [0.25, 0.3) is 0 Å². The molecule has 6 rings (SSSR count). The Balaban J connectivity index is 1.28. The van der Waals surface area contributed by atoms with Gasteiger partial charge in [0.25, 0.3) is 0 Å². The van der Waals surface area contributed by atoms with Crippen LogP contribution in [0.2, 0.25) is 0 Å². The maximum absolute atomic E-state index is 14.3. The molecule has 36 heavy (non-hydrogen) atoms. The highest BCUT2D eigenvalue weighted by molar-refractivity contribution is 5.90. The third-order valence-electron chi connectivity index (χ3n) is 13.3. The summed E-state index contributed by atoms with van der Waals surface area (Å²) in [5.41, 5.74) is -0.00259. The Labute approximate surface area is 217 Å². The molecule has 2 spiro atoms. The van der Waals surface area contributed by atoms with Gasteiger partial charge in [-0.15, -0.1) is 0 Å². The number of Topliss-reactive ketones (excluding diaryl/α,β-unsaturated/α-hetero) is 1. The molecule has 202 valence electrons. The SMILES string of the molecule is CC(=O)O[C@@H](C1CCC2C(O1)C(=O)C1C3CCC4C(C)(C)C(C)CCC45C[C@@]35CCC21C)C(C)(C)O. The van der Waals surface area contributed by atoms with E-state index >= 15 is 0 Å². The number of rotatable bonds is 3. The summed E-state index contributed by atoms with van der Waals surface area (Å²) in [4.78, 5) is 26.1. The molecule has 0 amide bonds. The van der Waals surface area contributed by atoms with Crippen LogP contribution in [0.5, 0.6) is 0 Å². The topological polar surface area (TPSA) is 72.8 Å². The predicted octanol–water partition coefficient (Wildman–Crippen LogP) is 5.71. The second-order valence-electron chi connectivity index (χ2n) is 15.3. The first-order chi connectivity index (χ1) is 16.7. The Hall–Kier alpha value is -0.940. The van der Waals surface area contributed by atoms with Crippen LogP contribution in [0.4, 0.5) is 0 Å². The van der Waals surface area contributed by atoms with Crippen LogP contribution < -0.4 is 0 Å². The number of esters is 1. The molecule has 11 atom stereocenters. The van der Waals surface area contributed by atoms with Crippen molar-refractivity contribution in [1.29, 1.82) is 0 Å². The minimum absolute atomic E-state index is 0.00237. The molecular weight excluding hydrogens is 452 g/mol. The van der Waals surface area contributed by atoms with Gasteiger partial charge in [0.2, 0.25) is 0 Å². The second kappa shape index (κ2) is 7.58. The van der Waals surface area contributed by atoms with Crippen LogP contribution >= 0.6 is 0 Å². The van der Waals surface area contributed by atoms with Crippen molar-refractivity contribution in [2.75, 3.05) is 0 Å². The number of carbonyl (C=O) groups is 2. The smallest absolute Gasteiger partial charge is 0.303 e. The fraction of sp³-hybridized carbons (Fsp3) is 0.935. The monoisotopic (exact) mass is 500 g/mol. The Morgan fingerprint density at radius 1 is 1.03 bits per heavy atom. The van der Waals surface area contributed by atoms with Gasteiger partial charge in [0.1, 0.15) is 6.10 Å². The van der Waals surface area contributed by atoms with Gasteiger partial charge in [-0.2, -0.15) is 0 Å². The lowest BCUT2D eigenvalue weighted by Crippen LogP contribution is -2.53. The van der Waals surface area contributed by atoms with Crippen LogP contribution in [0.3, 0.4) is 0 Å². The van der Waals surface area contributed by atoms with E-state index in [9.17, 15) is 14.7 Å². The third-order valence-corrected chi connectivity index (χ3v) is 13.3. The highest BCUT2D eigenvalue weighted by atomic mass is 16.6. The number of hydrogen-bond acceptors (Lipinski definition) is 5. The largest absolute Gasteiger partial charge is 0.457 e. The summed E-state index contributed by atoms with van der Waals surface area (Å²) in [7, 11) is 0. The van der Waals surface area contributed by atoms with Gasteiger partial charge in [-0.05, 0) is 117 Å². The van der Waals surface area contributed by atoms with E-state index < -0.39 is 29.9 Å². The first-order valence-electron chi connectivity index (χ1n) is 14.8. The van der Waals surface area contributed by atoms with Crippen molar-refractivity contribution in [2.24, 2.45) is 51.2 Å². The number of aliphatic hydroxyl groups is 1. The molecule has 0 bridgehead atoms. The molecule has 9 unspecified atom stereocenters. The Bertz CT molecular complexity index is 965. The normalized spacial score (nSPS) is 51.7. The summed E-state index contributed by atoms with van der Waals surface area (Å²) in [6.07, 6.45) is 8.90. The number of ether oxygens (including phenoxy) is 2. The van der Waals surface area contributed by atoms with Gasteiger partial charge in [-0.1, -0.05) is 27.7 Å². The van der Waals surface area contributed by atoms with Crippen molar-refractivity contribution in [3.8, 4) is 0 Å². The summed E-state index contributed by atoms with van der Waals surface area (Å²) in [5.74, 6) is 2.29. The minimum Gasteiger partial charge on any atom is -0.457 e. The van der Waals surface area contributed by atoms with E-state index in [0.717, 1.165) is 24.7 Å². The maximum atomic E-state index is 14.3. The first kappa shape index (κ1) is 25.3. The van der Waals surface area contributed by atoms with E-state index in [1.807, 2.05) is 0 Å². The summed E-state index contributed by atoms with van der Waals surface area (Å²) in [5, 5.41) is 10.8. The predicted molar refractivity (Wildman–Crippen MR) is 137 cm³/mol. The molecule has 0 aromatic carbocycles. The van der Waals surface area contributed by atoms with Crippen LogP contribution in [0.1, 0.15) is 106 Å². The van der Waals surface area contributed by atoms with E-state index in [-0.39, 0.29) is 17.3 Å². The zero-order valence-electron chi connectivity index (χ0n) is 23.6. The van der Waals surface area contributed by atoms with Gasteiger partial charge < -0.3 is 14.6 Å². The molecule has 6 aliphatic rings. The summed E-state index contributed by atoms with van der Waals surface area (Å²) in [6, 6.07) is 0. The average Bonchev–Trinajstić information content (AvgIpc) is 3.40. The third kappa shape index (κ3) is 3.08. The van der Waals surface area contributed by atoms with Gasteiger partial charge in [0.05, 0.1) is 11.7 Å². The van der Waals surface area contributed by atoms with Gasteiger partial charge >= 0.3 is 5.97 Å². The van der Waals surface area contributed by atoms with E-state index in [0.29, 0.717) is 34.4 Å². The molecule has 5 saturated carbocycles. The average molecular weight is 501 g/mol. The molecular formula is C31H48O5. The zero-order chi connectivity index (χ0) is 26.1. The second-order valence-corrected chi connectivity index (χ2v) is 15.3. The molecule has 0 radical (unpaired) electrons. The van der Waals surface area contributed by atoms with Crippen molar-refractivity contribution >= 4 is 11.8 Å². The molecule has 5 nitrogen and oxygen atoms in total. The molecule has 5 heteroatoms. The van der Waals surface area contributed by atoms with Gasteiger partial charge in [-0.25, -0.2) is 0 Å². The number of carbonyl (C=O) groups excluding carboxylic acids is 2.